The van der Waals surface area contributed by atoms with Crippen LogP contribution in [-0.4, -0.2) is 28.3 Å². The highest BCUT2D eigenvalue weighted by Crippen LogP contribution is 2.41. The fraction of sp³-hybridized carbons (Fsp3) is 0.231. The normalized spacial score (nSPS) is 10.4. The zero-order valence-corrected chi connectivity index (χ0v) is 11.5. The molecule has 1 heterocycles. The van der Waals surface area contributed by atoms with Crippen LogP contribution in [0.1, 0.15) is 21.8 Å². The summed E-state index contributed by atoms with van der Waals surface area (Å²) in [5.74, 6) is -1.12. The summed E-state index contributed by atoms with van der Waals surface area (Å²) >= 11 is 0. The Morgan fingerprint density at radius 1 is 1.43 bits per heavy atom. The molecule has 110 valence electrons. The van der Waals surface area contributed by atoms with E-state index in [1.54, 1.807) is 13.8 Å². The summed E-state index contributed by atoms with van der Waals surface area (Å²) in [6.45, 7) is 3.26. The van der Waals surface area contributed by atoms with Crippen LogP contribution in [-0.2, 0) is 4.74 Å². The van der Waals surface area contributed by atoms with Crippen LogP contribution in [0.25, 0.3) is 11.1 Å². The van der Waals surface area contributed by atoms with Crippen LogP contribution in [0.4, 0.5) is 5.69 Å². The molecule has 0 saturated carbocycles. The van der Waals surface area contributed by atoms with Gasteiger partial charge in [0.05, 0.1) is 23.3 Å². The van der Waals surface area contributed by atoms with Gasteiger partial charge in [-0.15, -0.1) is 0 Å². The predicted octanol–water partition coefficient (Wildman–Crippen LogP) is 2.36. The van der Waals surface area contributed by atoms with Crippen molar-refractivity contribution in [2.45, 2.75) is 13.8 Å². The molecular weight excluding hydrogens is 280 g/mol. The lowest BCUT2D eigenvalue weighted by Gasteiger charge is -2.07. The number of methoxy groups -OCH3 is 1. The third-order valence-electron chi connectivity index (χ3n) is 3.04. The lowest BCUT2D eigenvalue weighted by molar-refractivity contribution is -0.386. The van der Waals surface area contributed by atoms with E-state index in [2.05, 4.69) is 9.89 Å². The Morgan fingerprint density at radius 2 is 2.10 bits per heavy atom. The average molecular weight is 292 g/mol. The first-order valence-corrected chi connectivity index (χ1v) is 5.90. The summed E-state index contributed by atoms with van der Waals surface area (Å²) in [5.41, 5.74) is 0.0652. The molecule has 8 heteroatoms. The van der Waals surface area contributed by atoms with E-state index in [9.17, 15) is 20.0 Å². The second-order valence-electron chi connectivity index (χ2n) is 4.31. The summed E-state index contributed by atoms with van der Waals surface area (Å²) in [6.07, 6.45) is 0. The maximum atomic E-state index is 11.6. The van der Waals surface area contributed by atoms with Crippen LogP contribution in [0.3, 0.4) is 0 Å². The molecule has 0 radical (unpaired) electrons. The standard InChI is InChI=1S/C13H12N2O6/c1-6-10(7(2)21-14-6)8-4-5-9(13(17)20-3)11(12(8)16)15(18)19/h4-5,16H,1-3H3. The first-order valence-electron chi connectivity index (χ1n) is 5.90. The van der Waals surface area contributed by atoms with Crippen LogP contribution in [0.15, 0.2) is 16.7 Å². The van der Waals surface area contributed by atoms with Crippen LogP contribution < -0.4 is 0 Å². The Bertz CT molecular complexity index is 715. The van der Waals surface area contributed by atoms with E-state index in [4.69, 9.17) is 4.52 Å². The molecule has 21 heavy (non-hydrogen) atoms. The van der Waals surface area contributed by atoms with Crippen LogP contribution in [0.2, 0.25) is 0 Å². The summed E-state index contributed by atoms with van der Waals surface area (Å²) in [7, 11) is 1.10. The van der Waals surface area contributed by atoms with Crippen molar-refractivity contribution in [1.82, 2.24) is 5.16 Å². The van der Waals surface area contributed by atoms with E-state index < -0.39 is 22.3 Å². The number of aryl methyl sites for hydroxylation is 2. The summed E-state index contributed by atoms with van der Waals surface area (Å²) in [6, 6.07) is 2.62. The van der Waals surface area contributed by atoms with E-state index in [1.807, 2.05) is 0 Å². The zero-order chi connectivity index (χ0) is 15.7. The molecule has 0 bridgehead atoms. The molecule has 0 fully saturated rings. The number of aromatic hydroxyl groups is 1. The number of carbonyl (C=O) groups is 1. The number of hydrogen-bond acceptors (Lipinski definition) is 7. The SMILES string of the molecule is COC(=O)c1ccc(-c2c(C)noc2C)c(O)c1[N+](=O)[O-]. The second-order valence-corrected chi connectivity index (χ2v) is 4.31. The van der Waals surface area contributed by atoms with Gasteiger partial charge in [-0.25, -0.2) is 4.79 Å². The van der Waals surface area contributed by atoms with Crippen LogP contribution in [0.5, 0.6) is 5.75 Å². The predicted molar refractivity (Wildman–Crippen MR) is 71.1 cm³/mol. The number of rotatable bonds is 3. The molecule has 1 aromatic carbocycles. The first-order chi connectivity index (χ1) is 9.88. The third-order valence-corrected chi connectivity index (χ3v) is 3.04. The molecule has 0 amide bonds. The lowest BCUT2D eigenvalue weighted by Crippen LogP contribution is -2.06. The minimum atomic E-state index is -0.901. The minimum Gasteiger partial charge on any atom is -0.502 e. The molecule has 0 unspecified atom stereocenters. The van der Waals surface area contributed by atoms with E-state index in [-0.39, 0.29) is 11.1 Å². The van der Waals surface area contributed by atoms with E-state index in [0.29, 0.717) is 17.0 Å². The molecule has 0 atom stereocenters. The van der Waals surface area contributed by atoms with Gasteiger partial charge in [0.2, 0.25) is 5.75 Å². The maximum absolute atomic E-state index is 11.6. The van der Waals surface area contributed by atoms with Gasteiger partial charge in [-0.2, -0.15) is 0 Å². The minimum absolute atomic E-state index is 0.172. The molecule has 0 spiro atoms. The van der Waals surface area contributed by atoms with Crippen molar-refractivity contribution < 1.29 is 24.1 Å². The van der Waals surface area contributed by atoms with Crippen molar-refractivity contribution in [3.8, 4) is 16.9 Å². The molecule has 0 aliphatic heterocycles. The monoisotopic (exact) mass is 292 g/mol. The van der Waals surface area contributed by atoms with Crippen molar-refractivity contribution in [3.63, 3.8) is 0 Å². The fourth-order valence-electron chi connectivity index (χ4n) is 2.11. The zero-order valence-electron chi connectivity index (χ0n) is 11.5. The van der Waals surface area contributed by atoms with Gasteiger partial charge in [0.15, 0.2) is 0 Å². The van der Waals surface area contributed by atoms with Crippen molar-refractivity contribution in [2.75, 3.05) is 7.11 Å². The van der Waals surface area contributed by atoms with Crippen LogP contribution >= 0.6 is 0 Å². The number of phenolic OH excluding ortho intramolecular Hbond substituents is 1. The van der Waals surface area contributed by atoms with E-state index in [0.717, 1.165) is 7.11 Å². The lowest BCUT2D eigenvalue weighted by atomic mass is 9.99. The number of phenols is 1. The smallest absolute Gasteiger partial charge is 0.345 e. The van der Waals surface area contributed by atoms with Gasteiger partial charge in [-0.3, -0.25) is 10.1 Å². The highest BCUT2D eigenvalue weighted by Gasteiger charge is 2.29. The quantitative estimate of drug-likeness (QED) is 0.524. The van der Waals surface area contributed by atoms with Crippen molar-refractivity contribution in [3.05, 3.63) is 39.3 Å². The summed E-state index contributed by atoms with van der Waals surface area (Å²) < 4.78 is 9.46. The van der Waals surface area contributed by atoms with Gasteiger partial charge in [-0.1, -0.05) is 5.16 Å². The number of esters is 1. The molecule has 1 aromatic heterocycles. The maximum Gasteiger partial charge on any atom is 0.345 e. The number of aromatic nitrogens is 1. The van der Waals surface area contributed by atoms with Crippen molar-refractivity contribution >= 4 is 11.7 Å². The van der Waals surface area contributed by atoms with Gasteiger partial charge in [0, 0.05) is 5.56 Å². The Kier molecular flexibility index (Phi) is 3.62. The Hall–Kier alpha value is -2.90. The fourth-order valence-corrected chi connectivity index (χ4v) is 2.11. The average Bonchev–Trinajstić information content (AvgIpc) is 2.77. The van der Waals surface area contributed by atoms with Crippen LogP contribution in [0, 0.1) is 24.0 Å². The number of nitro benzene ring substituents is 1. The van der Waals surface area contributed by atoms with E-state index >= 15 is 0 Å². The van der Waals surface area contributed by atoms with Gasteiger partial charge in [0.1, 0.15) is 11.3 Å². The number of ether oxygens (including phenoxy) is 1. The Labute approximate surface area is 119 Å². The largest absolute Gasteiger partial charge is 0.502 e. The molecular formula is C13H12N2O6. The molecule has 0 aliphatic rings. The Morgan fingerprint density at radius 3 is 2.57 bits per heavy atom. The molecule has 8 nitrogen and oxygen atoms in total. The van der Waals surface area contributed by atoms with E-state index in [1.165, 1.54) is 12.1 Å². The van der Waals surface area contributed by atoms with Gasteiger partial charge >= 0.3 is 11.7 Å². The van der Waals surface area contributed by atoms with Gasteiger partial charge < -0.3 is 14.4 Å². The highest BCUT2D eigenvalue weighted by atomic mass is 16.6. The van der Waals surface area contributed by atoms with Gasteiger partial charge in [0.25, 0.3) is 0 Å². The number of carbonyl (C=O) groups excluding carboxylic acids is 1. The number of hydrogen-bond donors (Lipinski definition) is 1. The Balaban J connectivity index is 2.75. The third kappa shape index (κ3) is 2.31. The summed E-state index contributed by atoms with van der Waals surface area (Å²) in [4.78, 5) is 21.9. The molecule has 2 aromatic rings. The van der Waals surface area contributed by atoms with Crippen molar-refractivity contribution in [2.24, 2.45) is 0 Å². The second kappa shape index (κ2) is 5.23. The summed E-state index contributed by atoms with van der Waals surface area (Å²) in [5, 5.41) is 25.1. The number of benzene rings is 1. The van der Waals surface area contributed by atoms with Gasteiger partial charge in [-0.05, 0) is 26.0 Å². The van der Waals surface area contributed by atoms with Crippen molar-refractivity contribution in [1.29, 1.82) is 0 Å². The molecule has 0 saturated heterocycles. The molecule has 1 N–H and O–H groups in total. The number of nitrogens with zero attached hydrogens (tertiary/aromatic N) is 2. The topological polar surface area (TPSA) is 116 Å². The molecule has 2 rings (SSSR count). The molecule has 0 aliphatic carbocycles. The highest BCUT2D eigenvalue weighted by molar-refractivity contribution is 5.97. The number of nitro groups is 1. The first kappa shape index (κ1) is 14.5.